The molecule has 0 fully saturated rings. The molecule has 0 atom stereocenters. The van der Waals surface area contributed by atoms with Gasteiger partial charge in [-0.1, -0.05) is 45.4 Å². The van der Waals surface area contributed by atoms with E-state index in [0.29, 0.717) is 12.5 Å². The van der Waals surface area contributed by atoms with Gasteiger partial charge in [0.1, 0.15) is 0 Å². The number of carbonyl (C=O) groups is 1. The average Bonchev–Trinajstić information content (AvgIpc) is 2.37. The van der Waals surface area contributed by atoms with Gasteiger partial charge < -0.3 is 10.6 Å². The van der Waals surface area contributed by atoms with Gasteiger partial charge in [0.2, 0.25) is 5.91 Å². The zero-order valence-electron chi connectivity index (χ0n) is 12.3. The Balaban J connectivity index is 2.37. The highest BCUT2D eigenvalue weighted by atomic mass is 16.1. The lowest BCUT2D eigenvalue weighted by atomic mass is 10.1. The molecule has 0 spiro atoms. The van der Waals surface area contributed by atoms with Crippen LogP contribution in [0, 0.1) is 5.92 Å². The van der Waals surface area contributed by atoms with E-state index in [1.807, 2.05) is 18.2 Å². The van der Waals surface area contributed by atoms with Crippen molar-refractivity contribution in [3.63, 3.8) is 0 Å². The number of carbonyl (C=O) groups excluding carboxylic acids is 1. The van der Waals surface area contributed by atoms with Gasteiger partial charge in [-0.25, -0.2) is 0 Å². The zero-order valence-corrected chi connectivity index (χ0v) is 12.3. The van der Waals surface area contributed by atoms with Gasteiger partial charge in [-0.05, 0) is 30.4 Å². The molecule has 0 radical (unpaired) electrons. The predicted octanol–water partition coefficient (Wildman–Crippen LogP) is 3.21. The third-order valence-electron chi connectivity index (χ3n) is 3.02. The molecule has 1 aromatic carbocycles. The van der Waals surface area contributed by atoms with E-state index >= 15 is 0 Å². The third kappa shape index (κ3) is 6.27. The molecule has 3 heteroatoms. The van der Waals surface area contributed by atoms with E-state index < -0.39 is 0 Å². The van der Waals surface area contributed by atoms with Crippen molar-refractivity contribution < 1.29 is 4.79 Å². The smallest absolute Gasteiger partial charge is 0.239 e. The molecule has 0 heterocycles. The van der Waals surface area contributed by atoms with Gasteiger partial charge in [0.05, 0.1) is 6.54 Å². The highest BCUT2D eigenvalue weighted by molar-refractivity contribution is 5.80. The number of hydrogen-bond acceptors (Lipinski definition) is 2. The Kier molecular flexibility index (Phi) is 7.01. The molecule has 1 aromatic rings. The van der Waals surface area contributed by atoms with Crippen molar-refractivity contribution in [1.29, 1.82) is 0 Å². The van der Waals surface area contributed by atoms with Crippen LogP contribution in [0.25, 0.3) is 0 Å². The normalized spacial score (nSPS) is 10.5. The fraction of sp³-hybridized carbons (Fsp3) is 0.562. The highest BCUT2D eigenvalue weighted by Gasteiger charge is 2.04. The van der Waals surface area contributed by atoms with Crippen molar-refractivity contribution in [3.8, 4) is 0 Å². The second kappa shape index (κ2) is 8.57. The molecule has 19 heavy (non-hydrogen) atoms. The minimum atomic E-state index is 0.0620. The van der Waals surface area contributed by atoms with E-state index in [9.17, 15) is 4.79 Å². The van der Waals surface area contributed by atoms with Crippen molar-refractivity contribution in [1.82, 2.24) is 5.32 Å². The topological polar surface area (TPSA) is 41.1 Å². The molecule has 3 nitrogen and oxygen atoms in total. The van der Waals surface area contributed by atoms with Crippen LogP contribution in [0.1, 0.15) is 39.2 Å². The maximum absolute atomic E-state index is 11.7. The van der Waals surface area contributed by atoms with E-state index in [1.165, 1.54) is 5.56 Å². The van der Waals surface area contributed by atoms with Crippen LogP contribution in [-0.2, 0) is 11.2 Å². The van der Waals surface area contributed by atoms with Crippen LogP contribution >= 0.6 is 0 Å². The van der Waals surface area contributed by atoms with Crippen LogP contribution in [-0.4, -0.2) is 19.0 Å². The number of aryl methyl sites for hydroxylation is 1. The molecule has 2 N–H and O–H groups in total. The van der Waals surface area contributed by atoms with E-state index in [4.69, 9.17) is 0 Å². The number of para-hydroxylation sites is 1. The summed E-state index contributed by atoms with van der Waals surface area (Å²) in [7, 11) is 0. The van der Waals surface area contributed by atoms with Crippen molar-refractivity contribution in [2.45, 2.75) is 40.0 Å². The Labute approximate surface area is 116 Å². The summed E-state index contributed by atoms with van der Waals surface area (Å²) in [6.07, 6.45) is 3.18. The first-order chi connectivity index (χ1) is 9.13. The number of hydrogen-bond donors (Lipinski definition) is 2. The fourth-order valence-electron chi connectivity index (χ4n) is 1.92. The second-order valence-corrected chi connectivity index (χ2v) is 5.29. The molecule has 0 aromatic heterocycles. The lowest BCUT2D eigenvalue weighted by Gasteiger charge is -2.12. The van der Waals surface area contributed by atoms with Crippen LogP contribution in [0.15, 0.2) is 24.3 Å². The number of nitrogens with one attached hydrogen (secondary N) is 2. The van der Waals surface area contributed by atoms with Crippen LogP contribution in [0.2, 0.25) is 0 Å². The predicted molar refractivity (Wildman–Crippen MR) is 81.4 cm³/mol. The molecule has 0 aliphatic rings. The molecular weight excluding hydrogens is 236 g/mol. The van der Waals surface area contributed by atoms with E-state index in [1.54, 1.807) is 0 Å². The average molecular weight is 262 g/mol. The second-order valence-electron chi connectivity index (χ2n) is 5.29. The Morgan fingerprint density at radius 1 is 1.26 bits per heavy atom. The maximum Gasteiger partial charge on any atom is 0.239 e. The van der Waals surface area contributed by atoms with Crippen molar-refractivity contribution in [3.05, 3.63) is 29.8 Å². The SMILES string of the molecule is CCCc1ccccc1NCC(=O)NCCC(C)C. The summed E-state index contributed by atoms with van der Waals surface area (Å²) in [5.41, 5.74) is 2.35. The number of amides is 1. The summed E-state index contributed by atoms with van der Waals surface area (Å²) in [6.45, 7) is 7.58. The third-order valence-corrected chi connectivity index (χ3v) is 3.02. The molecule has 0 saturated heterocycles. The van der Waals surface area contributed by atoms with Gasteiger partial charge in [-0.3, -0.25) is 4.79 Å². The quantitative estimate of drug-likeness (QED) is 0.755. The summed E-state index contributed by atoms with van der Waals surface area (Å²) in [5, 5.41) is 6.16. The fourth-order valence-corrected chi connectivity index (χ4v) is 1.92. The van der Waals surface area contributed by atoms with Crippen molar-refractivity contribution in [2.75, 3.05) is 18.4 Å². The van der Waals surface area contributed by atoms with E-state index in [-0.39, 0.29) is 5.91 Å². The lowest BCUT2D eigenvalue weighted by molar-refractivity contribution is -0.119. The van der Waals surface area contributed by atoms with Crippen LogP contribution in [0.3, 0.4) is 0 Å². The minimum Gasteiger partial charge on any atom is -0.376 e. The molecule has 0 saturated carbocycles. The Hall–Kier alpha value is -1.51. The first-order valence-electron chi connectivity index (χ1n) is 7.22. The van der Waals surface area contributed by atoms with Gasteiger partial charge in [0.15, 0.2) is 0 Å². The monoisotopic (exact) mass is 262 g/mol. The first-order valence-corrected chi connectivity index (χ1v) is 7.22. The summed E-state index contributed by atoms with van der Waals surface area (Å²) in [5.74, 6) is 0.686. The molecule has 106 valence electrons. The molecule has 0 unspecified atom stereocenters. The molecule has 1 rings (SSSR count). The molecule has 0 aliphatic heterocycles. The van der Waals surface area contributed by atoms with Crippen LogP contribution < -0.4 is 10.6 Å². The first kappa shape index (κ1) is 15.5. The number of rotatable bonds is 8. The number of anilines is 1. The van der Waals surface area contributed by atoms with Gasteiger partial charge in [-0.15, -0.1) is 0 Å². The van der Waals surface area contributed by atoms with Crippen molar-refractivity contribution >= 4 is 11.6 Å². The molecule has 0 aliphatic carbocycles. The van der Waals surface area contributed by atoms with E-state index in [2.05, 4.69) is 37.5 Å². The highest BCUT2D eigenvalue weighted by Crippen LogP contribution is 2.16. The maximum atomic E-state index is 11.7. The van der Waals surface area contributed by atoms with Crippen LogP contribution in [0.5, 0.6) is 0 Å². The van der Waals surface area contributed by atoms with Gasteiger partial charge in [0, 0.05) is 12.2 Å². The lowest BCUT2D eigenvalue weighted by Crippen LogP contribution is -2.31. The summed E-state index contributed by atoms with van der Waals surface area (Å²) < 4.78 is 0. The summed E-state index contributed by atoms with van der Waals surface area (Å²) >= 11 is 0. The van der Waals surface area contributed by atoms with Crippen LogP contribution in [0.4, 0.5) is 5.69 Å². The Morgan fingerprint density at radius 2 is 2.00 bits per heavy atom. The Morgan fingerprint density at radius 3 is 2.68 bits per heavy atom. The molecular formula is C16H26N2O. The minimum absolute atomic E-state index is 0.0620. The van der Waals surface area contributed by atoms with Crippen molar-refractivity contribution in [2.24, 2.45) is 5.92 Å². The summed E-state index contributed by atoms with van der Waals surface area (Å²) in [6, 6.07) is 8.19. The molecule has 1 amide bonds. The van der Waals surface area contributed by atoms with Gasteiger partial charge in [-0.2, -0.15) is 0 Å². The van der Waals surface area contributed by atoms with E-state index in [0.717, 1.165) is 31.5 Å². The van der Waals surface area contributed by atoms with Gasteiger partial charge in [0.25, 0.3) is 0 Å². The molecule has 0 bridgehead atoms. The number of benzene rings is 1. The standard InChI is InChI=1S/C16H26N2O/c1-4-7-14-8-5-6-9-15(14)18-12-16(19)17-11-10-13(2)3/h5-6,8-9,13,18H,4,7,10-12H2,1-3H3,(H,17,19). The zero-order chi connectivity index (χ0) is 14.1. The Bertz CT molecular complexity index is 388. The largest absolute Gasteiger partial charge is 0.376 e. The van der Waals surface area contributed by atoms with Gasteiger partial charge >= 0.3 is 0 Å². The summed E-state index contributed by atoms with van der Waals surface area (Å²) in [4.78, 5) is 11.7.